The van der Waals surface area contributed by atoms with Crippen molar-refractivity contribution >= 4 is 11.0 Å². The summed E-state index contributed by atoms with van der Waals surface area (Å²) in [5.41, 5.74) is 6.10. The van der Waals surface area contributed by atoms with Crippen LogP contribution in [-0.2, 0) is 13.0 Å². The molecule has 4 rings (SSSR count). The average molecular weight is 370 g/mol. The predicted molar refractivity (Wildman–Crippen MR) is 115 cm³/mol. The van der Waals surface area contributed by atoms with Crippen LogP contribution in [0.2, 0.25) is 0 Å². The van der Waals surface area contributed by atoms with Gasteiger partial charge >= 0.3 is 0 Å². The molecule has 4 aromatic rings. The van der Waals surface area contributed by atoms with Crippen LogP contribution < -0.4 is 4.74 Å². The molecule has 0 unspecified atom stereocenters. The van der Waals surface area contributed by atoms with Crippen LogP contribution in [0.4, 0.5) is 0 Å². The highest BCUT2D eigenvalue weighted by atomic mass is 16.5. The maximum atomic E-state index is 5.98. The van der Waals surface area contributed by atoms with Gasteiger partial charge in [0.25, 0.3) is 0 Å². The van der Waals surface area contributed by atoms with Crippen molar-refractivity contribution in [2.75, 3.05) is 6.61 Å². The molecule has 3 heteroatoms. The topological polar surface area (TPSA) is 27.1 Å². The van der Waals surface area contributed by atoms with Gasteiger partial charge in [0.15, 0.2) is 0 Å². The van der Waals surface area contributed by atoms with Crippen LogP contribution in [0.3, 0.4) is 0 Å². The van der Waals surface area contributed by atoms with Crippen molar-refractivity contribution in [2.45, 2.75) is 33.2 Å². The molecule has 0 aliphatic carbocycles. The van der Waals surface area contributed by atoms with Gasteiger partial charge in [0, 0.05) is 13.0 Å². The second kappa shape index (κ2) is 8.30. The summed E-state index contributed by atoms with van der Waals surface area (Å²) < 4.78 is 8.32. The molecule has 0 fully saturated rings. The minimum Gasteiger partial charge on any atom is -0.494 e. The van der Waals surface area contributed by atoms with Crippen molar-refractivity contribution in [3.63, 3.8) is 0 Å². The SMILES string of the molecule is Cc1ccc(OCCCn2c(Cc3ccccc3)nc3ccccc32)cc1C. The molecule has 0 amide bonds. The largest absolute Gasteiger partial charge is 0.494 e. The van der Waals surface area contributed by atoms with E-state index in [0.29, 0.717) is 6.61 Å². The Morgan fingerprint density at radius 2 is 1.64 bits per heavy atom. The van der Waals surface area contributed by atoms with Crippen LogP contribution >= 0.6 is 0 Å². The molecular formula is C25H26N2O. The fraction of sp³-hybridized carbons (Fsp3) is 0.240. The standard InChI is InChI=1S/C25H26N2O/c1-19-13-14-22(17-20(19)2)28-16-8-15-27-24-12-7-6-11-23(24)26-25(27)18-21-9-4-3-5-10-21/h3-7,9-14,17H,8,15-16,18H2,1-2H3. The molecule has 0 N–H and O–H groups in total. The Morgan fingerprint density at radius 3 is 2.46 bits per heavy atom. The molecule has 0 aliphatic rings. The van der Waals surface area contributed by atoms with Crippen molar-refractivity contribution in [1.29, 1.82) is 0 Å². The second-order valence-corrected chi connectivity index (χ2v) is 7.28. The quantitative estimate of drug-likeness (QED) is 0.389. The third-order valence-electron chi connectivity index (χ3n) is 5.21. The molecule has 1 heterocycles. The maximum Gasteiger partial charge on any atom is 0.119 e. The van der Waals surface area contributed by atoms with Gasteiger partial charge in [0.1, 0.15) is 11.6 Å². The Morgan fingerprint density at radius 1 is 0.857 bits per heavy atom. The summed E-state index contributed by atoms with van der Waals surface area (Å²) in [6.45, 7) is 5.83. The first-order valence-corrected chi connectivity index (χ1v) is 9.89. The Kier molecular flexibility index (Phi) is 5.43. The van der Waals surface area contributed by atoms with E-state index in [1.165, 1.54) is 22.2 Å². The van der Waals surface area contributed by atoms with Crippen LogP contribution in [0.15, 0.2) is 72.8 Å². The number of benzene rings is 3. The average Bonchev–Trinajstić information content (AvgIpc) is 3.06. The van der Waals surface area contributed by atoms with Gasteiger partial charge in [-0.05, 0) is 61.2 Å². The molecule has 0 spiro atoms. The molecule has 0 bridgehead atoms. The van der Waals surface area contributed by atoms with Crippen molar-refractivity contribution in [3.8, 4) is 5.75 Å². The van der Waals surface area contributed by atoms with Crippen molar-refractivity contribution in [3.05, 3.63) is 95.3 Å². The number of aryl methyl sites for hydroxylation is 3. The van der Waals surface area contributed by atoms with E-state index in [1.807, 2.05) is 0 Å². The van der Waals surface area contributed by atoms with Gasteiger partial charge in [-0.15, -0.1) is 0 Å². The van der Waals surface area contributed by atoms with E-state index in [4.69, 9.17) is 9.72 Å². The highest BCUT2D eigenvalue weighted by Gasteiger charge is 2.11. The van der Waals surface area contributed by atoms with E-state index in [1.54, 1.807) is 0 Å². The van der Waals surface area contributed by atoms with Gasteiger partial charge < -0.3 is 9.30 Å². The number of rotatable bonds is 7. The molecule has 0 saturated carbocycles. The molecule has 142 valence electrons. The zero-order valence-electron chi connectivity index (χ0n) is 16.6. The molecule has 3 aromatic carbocycles. The number of nitrogens with zero attached hydrogens (tertiary/aromatic N) is 2. The highest BCUT2D eigenvalue weighted by molar-refractivity contribution is 5.76. The second-order valence-electron chi connectivity index (χ2n) is 7.28. The van der Waals surface area contributed by atoms with E-state index in [-0.39, 0.29) is 0 Å². The van der Waals surface area contributed by atoms with Crippen LogP contribution in [-0.4, -0.2) is 16.2 Å². The highest BCUT2D eigenvalue weighted by Crippen LogP contribution is 2.20. The summed E-state index contributed by atoms with van der Waals surface area (Å²) in [5.74, 6) is 2.06. The van der Waals surface area contributed by atoms with Gasteiger partial charge in [-0.1, -0.05) is 48.5 Å². The maximum absolute atomic E-state index is 5.98. The normalized spacial score (nSPS) is 11.1. The zero-order valence-corrected chi connectivity index (χ0v) is 16.6. The van der Waals surface area contributed by atoms with Crippen LogP contribution in [0.1, 0.15) is 28.9 Å². The lowest BCUT2D eigenvalue weighted by Gasteiger charge is -2.11. The van der Waals surface area contributed by atoms with Crippen molar-refractivity contribution in [2.24, 2.45) is 0 Å². The number of aromatic nitrogens is 2. The van der Waals surface area contributed by atoms with Gasteiger partial charge in [0.05, 0.1) is 17.6 Å². The fourth-order valence-corrected chi connectivity index (χ4v) is 3.50. The smallest absolute Gasteiger partial charge is 0.119 e. The number of fused-ring (bicyclic) bond motifs is 1. The van der Waals surface area contributed by atoms with Gasteiger partial charge in [0.2, 0.25) is 0 Å². The van der Waals surface area contributed by atoms with Gasteiger partial charge in [-0.3, -0.25) is 0 Å². The molecule has 0 saturated heterocycles. The van der Waals surface area contributed by atoms with E-state index in [2.05, 4.69) is 91.2 Å². The number of imidazole rings is 1. The fourth-order valence-electron chi connectivity index (χ4n) is 3.50. The summed E-state index contributed by atoms with van der Waals surface area (Å²) in [5, 5.41) is 0. The van der Waals surface area contributed by atoms with Gasteiger partial charge in [-0.2, -0.15) is 0 Å². The van der Waals surface area contributed by atoms with E-state index < -0.39 is 0 Å². The number of ether oxygens (including phenoxy) is 1. The van der Waals surface area contributed by atoms with Crippen molar-refractivity contribution in [1.82, 2.24) is 9.55 Å². The third kappa shape index (κ3) is 4.09. The Labute approximate surface area is 166 Å². The lowest BCUT2D eigenvalue weighted by atomic mass is 10.1. The zero-order chi connectivity index (χ0) is 19.3. The molecule has 0 aliphatic heterocycles. The molecule has 0 radical (unpaired) electrons. The molecule has 1 aromatic heterocycles. The predicted octanol–water partition coefficient (Wildman–Crippen LogP) is 5.71. The van der Waals surface area contributed by atoms with Crippen LogP contribution in [0, 0.1) is 13.8 Å². The molecule has 28 heavy (non-hydrogen) atoms. The minimum atomic E-state index is 0.694. The van der Waals surface area contributed by atoms with Crippen molar-refractivity contribution < 1.29 is 4.74 Å². The monoisotopic (exact) mass is 370 g/mol. The number of hydrogen-bond acceptors (Lipinski definition) is 2. The summed E-state index contributed by atoms with van der Waals surface area (Å²) in [6.07, 6.45) is 1.78. The molecule has 3 nitrogen and oxygen atoms in total. The number of hydrogen-bond donors (Lipinski definition) is 0. The Balaban J connectivity index is 1.47. The van der Waals surface area contributed by atoms with E-state index >= 15 is 0 Å². The lowest BCUT2D eigenvalue weighted by molar-refractivity contribution is 0.301. The van der Waals surface area contributed by atoms with Gasteiger partial charge in [-0.25, -0.2) is 4.98 Å². The first-order valence-electron chi connectivity index (χ1n) is 9.89. The first-order chi connectivity index (χ1) is 13.7. The number of para-hydroxylation sites is 2. The van der Waals surface area contributed by atoms with E-state index in [9.17, 15) is 0 Å². The Bertz CT molecular complexity index is 1070. The summed E-state index contributed by atoms with van der Waals surface area (Å²) in [6, 6.07) is 25.2. The first kappa shape index (κ1) is 18.3. The lowest BCUT2D eigenvalue weighted by Crippen LogP contribution is -2.08. The Hall–Kier alpha value is -3.07. The minimum absolute atomic E-state index is 0.694. The summed E-state index contributed by atoms with van der Waals surface area (Å²) in [4.78, 5) is 4.89. The van der Waals surface area contributed by atoms with Crippen LogP contribution in [0.5, 0.6) is 5.75 Å². The van der Waals surface area contributed by atoms with E-state index in [0.717, 1.165) is 36.5 Å². The van der Waals surface area contributed by atoms with Crippen LogP contribution in [0.25, 0.3) is 11.0 Å². The molecule has 0 atom stereocenters. The summed E-state index contributed by atoms with van der Waals surface area (Å²) in [7, 11) is 0. The third-order valence-corrected chi connectivity index (χ3v) is 5.21. The molecular weight excluding hydrogens is 344 g/mol. The summed E-state index contributed by atoms with van der Waals surface area (Å²) >= 11 is 0.